The van der Waals surface area contributed by atoms with E-state index in [2.05, 4.69) is 17.0 Å². The molecule has 24 heavy (non-hydrogen) atoms. The van der Waals surface area contributed by atoms with Gasteiger partial charge in [-0.1, -0.05) is 54.1 Å². The fourth-order valence-electron chi connectivity index (χ4n) is 3.04. The van der Waals surface area contributed by atoms with Crippen LogP contribution >= 0.6 is 11.6 Å². The molecule has 2 aromatic carbocycles. The van der Waals surface area contributed by atoms with E-state index in [1.54, 1.807) is 0 Å². The monoisotopic (exact) mass is 366 g/mol. The molecule has 130 valence electrons. The molecule has 0 saturated carbocycles. The van der Waals surface area contributed by atoms with Gasteiger partial charge in [-0.05, 0) is 23.3 Å². The van der Waals surface area contributed by atoms with Gasteiger partial charge in [-0.25, -0.2) is 0 Å². The average Bonchev–Trinajstić information content (AvgIpc) is 2.61. The molecule has 0 radical (unpaired) electrons. The summed E-state index contributed by atoms with van der Waals surface area (Å²) < 4.78 is 5.43. The van der Waals surface area contributed by atoms with Crippen molar-refractivity contribution in [2.75, 3.05) is 32.8 Å². The maximum absolute atomic E-state index is 11.0. The quantitative estimate of drug-likeness (QED) is 0.835. The highest BCUT2D eigenvalue weighted by Gasteiger charge is 2.26. The number of benzene rings is 2. The van der Waals surface area contributed by atoms with Crippen LogP contribution in [0.1, 0.15) is 23.1 Å². The second kappa shape index (κ2) is 9.40. The Labute approximate surface area is 154 Å². The number of morpholine rings is 1. The van der Waals surface area contributed by atoms with Crippen LogP contribution in [-0.4, -0.2) is 42.9 Å². The van der Waals surface area contributed by atoms with Crippen molar-refractivity contribution in [3.8, 4) is 0 Å². The number of aliphatic hydroxyl groups excluding tert-OH is 1. The molecule has 2 atom stereocenters. The van der Waals surface area contributed by atoms with Gasteiger partial charge in [0.05, 0.1) is 19.3 Å². The summed E-state index contributed by atoms with van der Waals surface area (Å²) in [6.45, 7) is 4.17. The van der Waals surface area contributed by atoms with E-state index < -0.39 is 6.10 Å². The summed E-state index contributed by atoms with van der Waals surface area (Å²) in [5, 5.41) is 11.6. The molecule has 3 rings (SSSR count). The maximum Gasteiger partial charge on any atom is 0.0870 e. The lowest BCUT2D eigenvalue weighted by molar-refractivity contribution is -0.00000704. The van der Waals surface area contributed by atoms with Crippen LogP contribution in [0.3, 0.4) is 0 Å². The second-order valence-electron chi connectivity index (χ2n) is 5.93. The fourth-order valence-corrected chi connectivity index (χ4v) is 3.17. The third kappa shape index (κ3) is 4.95. The maximum atomic E-state index is 11.0. The van der Waals surface area contributed by atoms with Crippen LogP contribution in [0.4, 0.5) is 0 Å². The minimum atomic E-state index is -0.558. The molecule has 1 fully saturated rings. The zero-order valence-corrected chi connectivity index (χ0v) is 15.0. The highest BCUT2D eigenvalue weighted by Crippen LogP contribution is 2.32. The molecule has 5 heteroatoms. The summed E-state index contributed by atoms with van der Waals surface area (Å²) in [5.41, 5.74) is 2.05. The zero-order chi connectivity index (χ0) is 16.1. The van der Waals surface area contributed by atoms with Crippen LogP contribution in [0.15, 0.2) is 54.6 Å². The van der Waals surface area contributed by atoms with Crippen molar-refractivity contribution in [1.29, 1.82) is 0 Å². The van der Waals surface area contributed by atoms with Gasteiger partial charge in [0.1, 0.15) is 0 Å². The molecule has 1 aliphatic rings. The molecular weight excluding hydrogens is 345 g/mol. The molecule has 1 saturated heterocycles. The Kier molecular flexibility index (Phi) is 7.53. The first-order valence-corrected chi connectivity index (χ1v) is 8.40. The number of aliphatic hydroxyl groups is 1. The van der Waals surface area contributed by atoms with E-state index >= 15 is 0 Å². The third-order valence-corrected chi connectivity index (χ3v) is 4.63. The summed E-state index contributed by atoms with van der Waals surface area (Å²) in [5.74, 6) is 0.0236. The topological polar surface area (TPSA) is 32.7 Å². The molecule has 0 aliphatic carbocycles. The van der Waals surface area contributed by atoms with Crippen LogP contribution in [0.5, 0.6) is 0 Å². The summed E-state index contributed by atoms with van der Waals surface area (Å²) in [7, 11) is 0. The summed E-state index contributed by atoms with van der Waals surface area (Å²) in [6.07, 6.45) is -0.558. The molecule has 0 spiro atoms. The lowest BCUT2D eigenvalue weighted by atomic mass is 9.88. The van der Waals surface area contributed by atoms with E-state index in [1.165, 1.54) is 0 Å². The first-order valence-electron chi connectivity index (χ1n) is 8.02. The van der Waals surface area contributed by atoms with Crippen molar-refractivity contribution in [3.05, 3.63) is 70.7 Å². The van der Waals surface area contributed by atoms with Gasteiger partial charge in [0.2, 0.25) is 0 Å². The van der Waals surface area contributed by atoms with E-state index in [-0.39, 0.29) is 18.3 Å². The summed E-state index contributed by atoms with van der Waals surface area (Å²) >= 11 is 5.96. The molecule has 0 amide bonds. The Hall–Kier alpha value is -1.10. The predicted molar refractivity (Wildman–Crippen MR) is 92.9 cm³/mol. The Morgan fingerprint density at radius 3 is 2.21 bits per heavy atom. The first kappa shape index (κ1) is 19.2. The molecule has 3 nitrogen and oxygen atoms in total. The molecule has 2 unspecified atom stereocenters. The lowest BCUT2D eigenvalue weighted by Crippen LogP contribution is -3.00. The smallest absolute Gasteiger partial charge is 0.0870 e. The van der Waals surface area contributed by atoms with Crippen LogP contribution in [0, 0.1) is 0 Å². The Bertz CT molecular complexity index is 601. The molecule has 1 heterocycles. The number of hydrogen-bond acceptors (Lipinski definition) is 3. The van der Waals surface area contributed by atoms with Gasteiger partial charge in [-0.3, -0.25) is 4.90 Å². The van der Waals surface area contributed by atoms with Crippen LogP contribution in [0.2, 0.25) is 5.02 Å². The van der Waals surface area contributed by atoms with E-state index in [0.717, 1.165) is 44.0 Å². The van der Waals surface area contributed by atoms with Crippen molar-refractivity contribution >= 4 is 11.6 Å². The number of nitrogens with zero attached hydrogens (tertiary/aromatic N) is 1. The lowest BCUT2D eigenvalue weighted by Gasteiger charge is -2.33. The van der Waals surface area contributed by atoms with Crippen LogP contribution < -0.4 is 12.4 Å². The average molecular weight is 367 g/mol. The molecule has 0 aromatic heterocycles. The van der Waals surface area contributed by atoms with Gasteiger partial charge in [0.15, 0.2) is 0 Å². The van der Waals surface area contributed by atoms with Gasteiger partial charge < -0.3 is 22.3 Å². The minimum absolute atomic E-state index is 0. The van der Waals surface area contributed by atoms with E-state index in [1.807, 2.05) is 42.5 Å². The summed E-state index contributed by atoms with van der Waals surface area (Å²) in [4.78, 5) is 2.36. The van der Waals surface area contributed by atoms with E-state index in [0.29, 0.717) is 5.02 Å². The Morgan fingerprint density at radius 2 is 1.58 bits per heavy atom. The molecule has 1 aliphatic heterocycles. The minimum Gasteiger partial charge on any atom is -1.00 e. The third-order valence-electron chi connectivity index (χ3n) is 4.38. The van der Waals surface area contributed by atoms with E-state index in [4.69, 9.17) is 16.3 Å². The highest BCUT2D eigenvalue weighted by molar-refractivity contribution is 6.30. The molecule has 0 bridgehead atoms. The number of halogens is 2. The van der Waals surface area contributed by atoms with E-state index in [9.17, 15) is 5.11 Å². The summed E-state index contributed by atoms with van der Waals surface area (Å²) in [6, 6.07) is 17.7. The Morgan fingerprint density at radius 1 is 0.958 bits per heavy atom. The van der Waals surface area contributed by atoms with Gasteiger partial charge in [0, 0.05) is 30.6 Å². The predicted octanol–water partition coefficient (Wildman–Crippen LogP) is 0.493. The second-order valence-corrected chi connectivity index (χ2v) is 6.36. The SMILES string of the molecule is OC(c1ccc(Cl)cc1)C(CN1CCOCC1)c1ccccc1.[Cl-]. The standard InChI is InChI=1S/C19H22ClNO2.ClH/c20-17-8-6-16(7-9-17)19(22)18(15-4-2-1-3-5-15)14-21-10-12-23-13-11-21;/h1-9,18-19,22H,10-14H2;1H/p-1. The largest absolute Gasteiger partial charge is 1.00 e. The van der Waals surface area contributed by atoms with Crippen molar-refractivity contribution < 1.29 is 22.3 Å². The number of ether oxygens (including phenoxy) is 1. The van der Waals surface area contributed by atoms with Crippen molar-refractivity contribution in [2.24, 2.45) is 0 Å². The molecular formula is C19H22Cl2NO2-. The molecule has 1 N–H and O–H groups in total. The van der Waals surface area contributed by atoms with Crippen molar-refractivity contribution in [1.82, 2.24) is 4.90 Å². The Balaban J connectivity index is 0.00000208. The first-order chi connectivity index (χ1) is 11.2. The van der Waals surface area contributed by atoms with Crippen LogP contribution in [-0.2, 0) is 4.74 Å². The van der Waals surface area contributed by atoms with Gasteiger partial charge in [-0.15, -0.1) is 0 Å². The van der Waals surface area contributed by atoms with Gasteiger partial charge in [-0.2, -0.15) is 0 Å². The zero-order valence-electron chi connectivity index (χ0n) is 13.4. The fraction of sp³-hybridized carbons (Fsp3) is 0.368. The molecule has 2 aromatic rings. The number of hydrogen-bond donors (Lipinski definition) is 1. The van der Waals surface area contributed by atoms with Gasteiger partial charge in [0.25, 0.3) is 0 Å². The normalized spacial score (nSPS) is 17.8. The number of rotatable bonds is 5. The highest BCUT2D eigenvalue weighted by atomic mass is 35.5. The van der Waals surface area contributed by atoms with Crippen LogP contribution in [0.25, 0.3) is 0 Å². The van der Waals surface area contributed by atoms with Gasteiger partial charge >= 0.3 is 0 Å². The van der Waals surface area contributed by atoms with Crippen molar-refractivity contribution in [3.63, 3.8) is 0 Å². The van der Waals surface area contributed by atoms with Crippen molar-refractivity contribution in [2.45, 2.75) is 12.0 Å².